The number of rotatable bonds is 42. The van der Waals surface area contributed by atoms with Gasteiger partial charge in [0, 0.05) is 65.1 Å². The van der Waals surface area contributed by atoms with Crippen molar-refractivity contribution in [2.24, 2.45) is 0 Å². The topological polar surface area (TPSA) is 109 Å². The minimum Gasteiger partial charge on any atom is -0.491 e. The van der Waals surface area contributed by atoms with Gasteiger partial charge in [-0.2, -0.15) is 0 Å². The van der Waals surface area contributed by atoms with Crippen molar-refractivity contribution in [2.75, 3.05) is 13.2 Å². The molecule has 8 nitrogen and oxygen atoms in total. The largest absolute Gasteiger partial charge is 0.491 e. The van der Waals surface area contributed by atoms with Crippen molar-refractivity contribution in [3.63, 3.8) is 0 Å². The molecule has 0 aliphatic heterocycles. The molecule has 0 amide bonds. The lowest BCUT2D eigenvalue weighted by molar-refractivity contribution is 0.103. The molecule has 646 valence electrons. The highest BCUT2D eigenvalue weighted by Gasteiger charge is 2.55. The quantitative estimate of drug-likeness (QED) is 0.0163. The van der Waals surface area contributed by atoms with Gasteiger partial charge in [0.1, 0.15) is 11.5 Å². The van der Waals surface area contributed by atoms with Crippen molar-refractivity contribution in [1.82, 2.24) is 0 Å². The van der Waals surface area contributed by atoms with Gasteiger partial charge < -0.3 is 9.47 Å². The highest BCUT2D eigenvalue weighted by atomic mass is 35.5. The Bertz CT molecular complexity index is 5700. The van der Waals surface area contributed by atoms with Crippen LogP contribution in [0.3, 0.4) is 0 Å². The van der Waals surface area contributed by atoms with Gasteiger partial charge in [-0.15, -0.1) is 45.3 Å². The molecule has 4 heterocycles. The van der Waals surface area contributed by atoms with Gasteiger partial charge in [0.2, 0.25) is 0 Å². The number of unbranched alkanes of at least 4 members (excludes halogenated alkanes) is 22. The van der Waals surface area contributed by atoms with Crippen molar-refractivity contribution in [1.29, 1.82) is 10.5 Å². The molecule has 11 aromatic rings. The van der Waals surface area contributed by atoms with Gasteiger partial charge in [-0.05, 0) is 180 Å². The molecule has 0 spiro atoms. The normalized spacial score (nSPS) is 15.2. The fourth-order valence-corrected chi connectivity index (χ4v) is 25.7. The molecule has 0 radical (unpaired) electrons. The second kappa shape index (κ2) is 42.0. The molecular formula is C110H110Cl4N4O4S4. The smallest absolute Gasteiger partial charge is 0.270 e. The molecule has 16 heteroatoms. The predicted octanol–water partition coefficient (Wildman–Crippen LogP) is 34.4. The Balaban J connectivity index is 1.08. The van der Waals surface area contributed by atoms with Crippen LogP contribution in [0.15, 0.2) is 156 Å². The number of aryl methyl sites for hydroxylation is 4. The van der Waals surface area contributed by atoms with E-state index >= 15 is 9.59 Å². The van der Waals surface area contributed by atoms with Crippen molar-refractivity contribution in [3.8, 4) is 43.1 Å². The summed E-state index contributed by atoms with van der Waals surface area (Å²) in [5.41, 5.74) is 13.6. The number of thiophene rings is 4. The molecule has 15 rings (SSSR count). The molecule has 0 bridgehead atoms. The Hall–Kier alpha value is -9.12. The van der Waals surface area contributed by atoms with Crippen molar-refractivity contribution in [3.05, 3.63) is 298 Å². The molecule has 4 aliphatic rings. The maximum absolute atomic E-state index is 15.3. The molecule has 0 unspecified atom stereocenters. The van der Waals surface area contributed by atoms with E-state index in [2.05, 4.69) is 173 Å². The molecule has 126 heavy (non-hydrogen) atoms. The number of carbonyl (C=O) groups excluding carboxylic acids is 2. The lowest BCUT2D eigenvalue weighted by Gasteiger charge is -2.35. The Morgan fingerprint density at radius 1 is 0.373 bits per heavy atom. The first kappa shape index (κ1) is 91.6. The van der Waals surface area contributed by atoms with Gasteiger partial charge in [-0.3, -0.25) is 9.59 Å². The zero-order chi connectivity index (χ0) is 88.2. The fraction of sp³-hybridized carbons (Fsp3) is 0.382. The van der Waals surface area contributed by atoms with Crippen LogP contribution in [0.2, 0.25) is 20.1 Å². The standard InChI is InChI=1S/C110H110Cl4N4O4S4/c1-9-15-21-27-29-35-57-121-101-95-97-107(103-85(61-77(123-103)59-83-93(91(67-115)117-7)79-63-87(111)89(113)65-81(79)99(83)119)109(97,73-49-41-69(42-50-73)37-31-23-17-11-3)74-51-43-70(44-52-74)38-32-24-18-12-4)126-106(95)102(122-58-36-30-28-22-16-10-2)96-98-108(125-105(96)101)104-86(62-78(124-104)60-84-94(92(68-116)118-8)80-64-88(112)90(114)66-82(80)100(84)120)110(98,75-53-45-71(46-54-75)39-33-25-19-13-5)76-55-47-72(48-56-76)40-34-26-20-14-6/h41-56,59-66H,9-40,57-58H2,1-6H3/b83-59-,84-60-,93-91-,94-92+. The first-order valence-electron chi connectivity index (χ1n) is 46.2. The molecule has 0 saturated heterocycles. The highest BCUT2D eigenvalue weighted by Crippen LogP contribution is 2.71. The van der Waals surface area contributed by atoms with E-state index < -0.39 is 10.8 Å². The molecule has 0 fully saturated rings. The summed E-state index contributed by atoms with van der Waals surface area (Å²) in [5, 5.41) is 24.5. The van der Waals surface area contributed by atoms with E-state index in [1.54, 1.807) is 69.6 Å². The van der Waals surface area contributed by atoms with Gasteiger partial charge in [0.15, 0.2) is 11.6 Å². The molecule has 0 saturated carbocycles. The predicted molar refractivity (Wildman–Crippen MR) is 533 cm³/mol. The first-order valence-corrected chi connectivity index (χ1v) is 51.0. The number of halogens is 4. The maximum atomic E-state index is 15.3. The van der Waals surface area contributed by atoms with Gasteiger partial charge in [-0.1, -0.05) is 326 Å². The SMILES string of the molecule is [C-]#[N+]/C(C#N)=C1\C(=C\c2cc3c(s2)-c2sc4c(OCCCCCCCC)c5c6c(sc5c(OCCCCCCCC)c4c2C3(c2ccc(CCCCCC)cc2)c2ccc(CCCCCC)cc2)-c2sc(/C=C3\C(=O)c4cc(Cl)c(Cl)cc4\C3=C(\C#N)[N+]#[C-])cc2C6(c2ccc(CCCCCC)cc2)c2ccc(CCCCCC)cc2)C(=O)c2cc(Cl)c(Cl)cc21. The number of ether oxygens (including phenoxy) is 2. The van der Waals surface area contributed by atoms with Crippen LogP contribution in [0.4, 0.5) is 0 Å². The molecule has 0 atom stereocenters. The fourth-order valence-electron chi connectivity index (χ4n) is 19.7. The Morgan fingerprint density at radius 2 is 0.651 bits per heavy atom. The van der Waals surface area contributed by atoms with Crippen molar-refractivity contribution >= 4 is 147 Å². The van der Waals surface area contributed by atoms with E-state index in [4.69, 9.17) is 69.0 Å². The lowest BCUT2D eigenvalue weighted by atomic mass is 9.66. The number of fused-ring (bicyclic) bond motifs is 12. The van der Waals surface area contributed by atoms with E-state index in [-0.39, 0.29) is 76.5 Å². The van der Waals surface area contributed by atoms with Gasteiger partial charge in [-0.25, -0.2) is 20.2 Å². The van der Waals surface area contributed by atoms with Crippen LogP contribution in [-0.2, 0) is 36.5 Å². The van der Waals surface area contributed by atoms with Crippen LogP contribution in [0, 0.1) is 35.8 Å². The van der Waals surface area contributed by atoms with E-state index in [0.717, 1.165) is 272 Å². The number of ketones is 2. The minimum absolute atomic E-state index is 0.205. The number of nitrogens with zero attached hydrogens (tertiary/aromatic N) is 4. The van der Waals surface area contributed by atoms with E-state index in [1.165, 1.54) is 60.8 Å². The molecule has 7 aromatic carbocycles. The van der Waals surface area contributed by atoms with Crippen LogP contribution in [-0.4, -0.2) is 24.8 Å². The van der Waals surface area contributed by atoms with Gasteiger partial charge >= 0.3 is 0 Å². The minimum atomic E-state index is -1.04. The number of hydrogen-bond donors (Lipinski definition) is 0. The highest BCUT2D eigenvalue weighted by molar-refractivity contribution is 7.29. The van der Waals surface area contributed by atoms with Crippen molar-refractivity contribution < 1.29 is 19.1 Å². The maximum Gasteiger partial charge on any atom is 0.270 e. The zero-order valence-electron chi connectivity index (χ0n) is 73.5. The molecule has 4 aliphatic carbocycles. The van der Waals surface area contributed by atoms with Crippen molar-refractivity contribution in [2.45, 2.75) is 258 Å². The number of Topliss-reactive ketones (excluding diaryl/α,β-unsaturated/α-hetero) is 2. The number of nitriles is 2. The summed E-state index contributed by atoms with van der Waals surface area (Å²) < 4.78 is 18.1. The number of hydrogen-bond acceptors (Lipinski definition) is 10. The monoisotopic (exact) mass is 1820 g/mol. The van der Waals surface area contributed by atoms with Gasteiger partial charge in [0.25, 0.3) is 11.4 Å². The number of benzene rings is 7. The third-order valence-corrected chi connectivity index (χ3v) is 32.4. The molecule has 4 aromatic heterocycles. The summed E-state index contributed by atoms with van der Waals surface area (Å²) in [7, 11) is 0. The summed E-state index contributed by atoms with van der Waals surface area (Å²) in [5.74, 6) is 0.944. The van der Waals surface area contributed by atoms with Crippen LogP contribution in [0.25, 0.3) is 72.7 Å². The number of carbonyl (C=O) groups is 2. The molecule has 0 N–H and O–H groups in total. The Morgan fingerprint density at radius 3 is 0.937 bits per heavy atom. The summed E-state index contributed by atoms with van der Waals surface area (Å²) in [6.45, 7) is 31.3. The summed E-state index contributed by atoms with van der Waals surface area (Å²) in [6, 6.07) is 53.1. The van der Waals surface area contributed by atoms with E-state index in [1.807, 2.05) is 12.2 Å². The Kier molecular flexibility index (Phi) is 30.5. The second-order valence-electron chi connectivity index (χ2n) is 34.5. The van der Waals surface area contributed by atoms with Crippen LogP contribution in [0.5, 0.6) is 11.5 Å². The van der Waals surface area contributed by atoms with Crippen LogP contribution >= 0.6 is 91.8 Å². The van der Waals surface area contributed by atoms with E-state index in [9.17, 15) is 10.5 Å². The second-order valence-corrected chi connectivity index (χ2v) is 40.4. The lowest BCUT2D eigenvalue weighted by Crippen LogP contribution is -2.29. The Labute approximate surface area is 781 Å². The molecular weight excluding hydrogens is 1710 g/mol. The summed E-state index contributed by atoms with van der Waals surface area (Å²) in [4.78, 5) is 44.0. The third-order valence-electron chi connectivity index (χ3n) is 26.1. The third kappa shape index (κ3) is 17.9. The summed E-state index contributed by atoms with van der Waals surface area (Å²) in [6.07, 6.45) is 38.5. The summed E-state index contributed by atoms with van der Waals surface area (Å²) >= 11 is 33.9. The first-order chi connectivity index (χ1) is 61.6. The van der Waals surface area contributed by atoms with Crippen LogP contribution < -0.4 is 9.47 Å². The average Bonchev–Trinajstić information content (AvgIpc) is 1.49. The van der Waals surface area contributed by atoms with Gasteiger partial charge in [0.05, 0.1) is 98.3 Å². The average molecular weight is 1820 g/mol. The van der Waals surface area contributed by atoms with E-state index in [0.29, 0.717) is 24.3 Å². The number of allylic oxidation sites excluding steroid dienone is 6. The van der Waals surface area contributed by atoms with Crippen LogP contribution in [0.1, 0.15) is 330 Å². The zero-order valence-corrected chi connectivity index (χ0v) is 79.8.